The van der Waals surface area contributed by atoms with Gasteiger partial charge in [-0.2, -0.15) is 0 Å². The lowest BCUT2D eigenvalue weighted by Gasteiger charge is -2.18. The lowest BCUT2D eigenvalue weighted by Crippen LogP contribution is -2.09. The number of benzene rings is 5. The van der Waals surface area contributed by atoms with Gasteiger partial charge in [-0.25, -0.2) is 0 Å². The summed E-state index contributed by atoms with van der Waals surface area (Å²) in [5.74, 6) is 0.277. The summed E-state index contributed by atoms with van der Waals surface area (Å²) in [6, 6.07) is 27.9. The molecule has 0 unspecified atom stereocenters. The van der Waals surface area contributed by atoms with Crippen LogP contribution in [-0.2, 0) is 9.59 Å². The van der Waals surface area contributed by atoms with Crippen molar-refractivity contribution < 1.29 is 19.1 Å². The van der Waals surface area contributed by atoms with E-state index in [1.54, 1.807) is 13.8 Å². The van der Waals surface area contributed by atoms with Gasteiger partial charge in [-0.05, 0) is 45.3 Å². The Kier molecular flexibility index (Phi) is 5.72. The molecule has 0 aliphatic rings. The molecular formula is C30H24O4. The second-order valence-corrected chi connectivity index (χ2v) is 8.18. The number of carbonyl (C=O) groups excluding carboxylic acids is 2. The summed E-state index contributed by atoms with van der Waals surface area (Å²) in [5, 5.41) is 5.81. The second kappa shape index (κ2) is 8.99. The highest BCUT2D eigenvalue weighted by molar-refractivity contribution is 6.09. The predicted molar refractivity (Wildman–Crippen MR) is 136 cm³/mol. The molecule has 0 bridgehead atoms. The van der Waals surface area contributed by atoms with Gasteiger partial charge in [0.05, 0.1) is 0 Å². The first-order valence-electron chi connectivity index (χ1n) is 11.5. The van der Waals surface area contributed by atoms with E-state index in [0.29, 0.717) is 17.1 Å². The minimum absolute atomic E-state index is 0.251. The Balaban J connectivity index is 1.85. The highest BCUT2D eigenvalue weighted by Crippen LogP contribution is 2.45. The van der Waals surface area contributed by atoms with E-state index in [4.69, 9.17) is 9.47 Å². The third kappa shape index (κ3) is 3.88. The Morgan fingerprint density at radius 3 is 1.94 bits per heavy atom. The number of carbonyl (C=O) groups is 2. The third-order valence-electron chi connectivity index (χ3n) is 6.01. The summed E-state index contributed by atoms with van der Waals surface area (Å²) >= 11 is 0. The van der Waals surface area contributed by atoms with Crippen LogP contribution in [0.1, 0.15) is 26.7 Å². The lowest BCUT2D eigenvalue weighted by atomic mass is 9.93. The van der Waals surface area contributed by atoms with Crippen LogP contribution in [0, 0.1) is 0 Å². The Labute approximate surface area is 197 Å². The molecule has 5 aromatic carbocycles. The average molecular weight is 449 g/mol. The first-order chi connectivity index (χ1) is 16.6. The van der Waals surface area contributed by atoms with E-state index >= 15 is 0 Å². The minimum atomic E-state index is -0.324. The molecule has 0 N–H and O–H groups in total. The Morgan fingerprint density at radius 1 is 0.588 bits per heavy atom. The third-order valence-corrected chi connectivity index (χ3v) is 6.01. The second-order valence-electron chi connectivity index (χ2n) is 8.18. The minimum Gasteiger partial charge on any atom is -0.426 e. The average Bonchev–Trinajstić information content (AvgIpc) is 2.88. The molecule has 0 amide bonds. The predicted octanol–water partition coefficient (Wildman–Crippen LogP) is 7.44. The summed E-state index contributed by atoms with van der Waals surface area (Å²) in [5.41, 5.74) is 1.61. The van der Waals surface area contributed by atoms with E-state index in [9.17, 15) is 9.59 Å². The maximum Gasteiger partial charge on any atom is 0.310 e. The molecule has 5 rings (SSSR count). The van der Waals surface area contributed by atoms with Gasteiger partial charge >= 0.3 is 11.9 Å². The van der Waals surface area contributed by atoms with Crippen LogP contribution in [0.3, 0.4) is 0 Å². The van der Waals surface area contributed by atoms with E-state index < -0.39 is 0 Å². The molecule has 0 aromatic heterocycles. The van der Waals surface area contributed by atoms with Gasteiger partial charge in [-0.15, -0.1) is 0 Å². The summed E-state index contributed by atoms with van der Waals surface area (Å²) in [6.07, 6.45) is 0.511. The first kappa shape index (κ1) is 21.7. The Bertz CT molecular complexity index is 1570. The van der Waals surface area contributed by atoms with E-state index in [1.165, 1.54) is 0 Å². The number of esters is 2. The molecule has 4 heteroatoms. The van der Waals surface area contributed by atoms with Crippen molar-refractivity contribution >= 4 is 44.3 Å². The molecule has 0 aliphatic carbocycles. The SMILES string of the molecule is CCC(=O)Oc1cc(-c2cccc3cc4ccccc4cc23)c(OC(=O)CC)c2ccccc12. The van der Waals surface area contributed by atoms with Crippen LogP contribution in [0.2, 0.25) is 0 Å². The van der Waals surface area contributed by atoms with Crippen LogP contribution in [0.15, 0.2) is 84.9 Å². The van der Waals surface area contributed by atoms with E-state index in [-0.39, 0.29) is 24.8 Å². The molecule has 0 spiro atoms. The summed E-state index contributed by atoms with van der Waals surface area (Å²) < 4.78 is 11.6. The van der Waals surface area contributed by atoms with Crippen molar-refractivity contribution in [3.05, 3.63) is 84.9 Å². The first-order valence-corrected chi connectivity index (χ1v) is 11.5. The van der Waals surface area contributed by atoms with Crippen LogP contribution in [-0.4, -0.2) is 11.9 Å². The zero-order valence-corrected chi connectivity index (χ0v) is 19.1. The molecule has 0 aliphatic heterocycles. The number of fused-ring (bicyclic) bond motifs is 3. The normalized spacial score (nSPS) is 11.1. The van der Waals surface area contributed by atoms with Gasteiger partial charge in [-0.3, -0.25) is 9.59 Å². The van der Waals surface area contributed by atoms with Gasteiger partial charge in [0.25, 0.3) is 0 Å². The number of hydrogen-bond donors (Lipinski definition) is 0. The molecule has 0 atom stereocenters. The maximum absolute atomic E-state index is 12.4. The van der Waals surface area contributed by atoms with Crippen LogP contribution < -0.4 is 9.47 Å². The number of rotatable bonds is 5. The Hall–Kier alpha value is -4.18. The van der Waals surface area contributed by atoms with Crippen molar-refractivity contribution in [1.29, 1.82) is 0 Å². The molecule has 0 saturated heterocycles. The largest absolute Gasteiger partial charge is 0.426 e. The van der Waals surface area contributed by atoms with Gasteiger partial charge in [0, 0.05) is 29.2 Å². The fourth-order valence-corrected chi connectivity index (χ4v) is 4.29. The standard InChI is InChI=1S/C30H24O4/c1-3-28(31)33-27-18-26(30(34-29(32)4-2)24-14-8-7-13-23(24)27)22-15-9-12-21-16-19-10-5-6-11-20(19)17-25(21)22/h5-18H,3-4H2,1-2H3. The van der Waals surface area contributed by atoms with E-state index in [2.05, 4.69) is 30.3 Å². The molecular weight excluding hydrogens is 424 g/mol. The molecule has 34 heavy (non-hydrogen) atoms. The highest BCUT2D eigenvalue weighted by atomic mass is 16.5. The van der Waals surface area contributed by atoms with Crippen molar-refractivity contribution in [1.82, 2.24) is 0 Å². The van der Waals surface area contributed by atoms with Gasteiger partial charge in [0.15, 0.2) is 0 Å². The van der Waals surface area contributed by atoms with Gasteiger partial charge in [0.2, 0.25) is 0 Å². The lowest BCUT2D eigenvalue weighted by molar-refractivity contribution is -0.135. The molecule has 0 radical (unpaired) electrons. The summed E-state index contributed by atoms with van der Waals surface area (Å²) in [6.45, 7) is 3.53. The fraction of sp³-hybridized carbons (Fsp3) is 0.133. The maximum atomic E-state index is 12.4. The van der Waals surface area contributed by atoms with E-state index in [0.717, 1.165) is 37.9 Å². The highest BCUT2D eigenvalue weighted by Gasteiger charge is 2.20. The Morgan fingerprint density at radius 2 is 1.21 bits per heavy atom. The molecule has 0 fully saturated rings. The van der Waals surface area contributed by atoms with Gasteiger partial charge < -0.3 is 9.47 Å². The van der Waals surface area contributed by atoms with Crippen LogP contribution in [0.25, 0.3) is 43.4 Å². The van der Waals surface area contributed by atoms with Crippen LogP contribution in [0.4, 0.5) is 0 Å². The van der Waals surface area contributed by atoms with Crippen molar-refractivity contribution in [3.8, 4) is 22.6 Å². The van der Waals surface area contributed by atoms with Crippen LogP contribution >= 0.6 is 0 Å². The quantitative estimate of drug-likeness (QED) is 0.159. The summed E-state index contributed by atoms with van der Waals surface area (Å²) in [7, 11) is 0. The van der Waals surface area contributed by atoms with Crippen LogP contribution in [0.5, 0.6) is 11.5 Å². The molecule has 0 heterocycles. The van der Waals surface area contributed by atoms with Crippen molar-refractivity contribution in [3.63, 3.8) is 0 Å². The van der Waals surface area contributed by atoms with Crippen molar-refractivity contribution in [2.24, 2.45) is 0 Å². The monoisotopic (exact) mass is 448 g/mol. The fourth-order valence-electron chi connectivity index (χ4n) is 4.29. The van der Waals surface area contributed by atoms with Gasteiger partial charge in [-0.1, -0.05) is 80.6 Å². The smallest absolute Gasteiger partial charge is 0.310 e. The van der Waals surface area contributed by atoms with E-state index in [1.807, 2.05) is 54.6 Å². The van der Waals surface area contributed by atoms with Gasteiger partial charge in [0.1, 0.15) is 11.5 Å². The van der Waals surface area contributed by atoms with Crippen molar-refractivity contribution in [2.45, 2.75) is 26.7 Å². The molecule has 0 saturated carbocycles. The number of ether oxygens (including phenoxy) is 2. The van der Waals surface area contributed by atoms with Crippen molar-refractivity contribution in [2.75, 3.05) is 0 Å². The molecule has 4 nitrogen and oxygen atoms in total. The molecule has 168 valence electrons. The zero-order chi connectivity index (χ0) is 23.7. The summed E-state index contributed by atoms with van der Waals surface area (Å²) in [4.78, 5) is 24.7. The molecule has 5 aromatic rings. The zero-order valence-electron chi connectivity index (χ0n) is 19.1. The topological polar surface area (TPSA) is 52.6 Å². The number of hydrogen-bond acceptors (Lipinski definition) is 4.